The van der Waals surface area contributed by atoms with Gasteiger partial charge in [-0.15, -0.1) is 0 Å². The van der Waals surface area contributed by atoms with Gasteiger partial charge in [-0.2, -0.15) is 0 Å². The van der Waals surface area contributed by atoms with Gasteiger partial charge in [-0.3, -0.25) is 0 Å². The van der Waals surface area contributed by atoms with Crippen LogP contribution in [-0.2, 0) is 17.8 Å². The van der Waals surface area contributed by atoms with Gasteiger partial charge in [0.1, 0.15) is 5.82 Å². The molecule has 1 N–H and O–H groups in total. The van der Waals surface area contributed by atoms with Crippen LogP contribution in [0.25, 0.3) is 0 Å². The fourth-order valence-corrected chi connectivity index (χ4v) is 3.40. The summed E-state index contributed by atoms with van der Waals surface area (Å²) < 4.78 is 5.46. The number of nitrogens with one attached hydrogen (secondary N) is 1. The molecule has 3 rings (SSSR count). The molecule has 2 heterocycles. The van der Waals surface area contributed by atoms with E-state index in [0.717, 1.165) is 60.8 Å². The van der Waals surface area contributed by atoms with E-state index in [2.05, 4.69) is 33.1 Å². The molecule has 2 aromatic rings. The van der Waals surface area contributed by atoms with Gasteiger partial charge in [-0.05, 0) is 24.6 Å². The van der Waals surface area contributed by atoms with Crippen molar-refractivity contribution in [3.05, 3.63) is 58.7 Å². The largest absolute Gasteiger partial charge is 0.378 e. The lowest BCUT2D eigenvalue weighted by molar-refractivity contribution is 0.122. The molecule has 0 bridgehead atoms. The monoisotopic (exact) mass is 401 g/mol. The van der Waals surface area contributed by atoms with Gasteiger partial charge in [0.25, 0.3) is 0 Å². The maximum atomic E-state index is 6.32. The number of benzene rings is 1. The predicted octanol–water partition coefficient (Wildman–Crippen LogP) is 3.17. The summed E-state index contributed by atoms with van der Waals surface area (Å²) >= 11 is 6.32. The van der Waals surface area contributed by atoms with E-state index in [1.54, 1.807) is 0 Å². The minimum Gasteiger partial charge on any atom is -0.378 e. The molecule has 6 nitrogen and oxygen atoms in total. The topological polar surface area (TPSA) is 53.0 Å². The van der Waals surface area contributed by atoms with Crippen LogP contribution in [0.4, 0.5) is 5.82 Å². The molecule has 0 atom stereocenters. The molecular formula is C21H28ClN5O. The van der Waals surface area contributed by atoms with Crippen molar-refractivity contribution in [1.29, 1.82) is 0 Å². The van der Waals surface area contributed by atoms with Crippen molar-refractivity contribution in [2.45, 2.75) is 20.0 Å². The average molecular weight is 402 g/mol. The minimum atomic E-state index is 0.565. The lowest BCUT2D eigenvalue weighted by atomic mass is 10.2. The zero-order chi connectivity index (χ0) is 19.8. The smallest absolute Gasteiger partial charge is 0.194 e. The molecule has 0 aliphatic carbocycles. The quantitative estimate of drug-likeness (QED) is 0.595. The Morgan fingerprint density at radius 2 is 1.96 bits per heavy atom. The van der Waals surface area contributed by atoms with E-state index in [-0.39, 0.29) is 0 Å². The standard InChI is InChI=1S/C21H28ClN5O/c1-3-23-21(26(2)16-18-7-4-5-9-19(18)22)25-15-17-8-6-10-24-20(17)27-11-13-28-14-12-27/h4-10H,3,11-16H2,1-2H3,(H,23,25). The van der Waals surface area contributed by atoms with E-state index in [9.17, 15) is 0 Å². The van der Waals surface area contributed by atoms with Gasteiger partial charge in [0.05, 0.1) is 19.8 Å². The second kappa shape index (κ2) is 10.3. The molecule has 1 aliphatic heterocycles. The second-order valence-electron chi connectivity index (χ2n) is 6.70. The van der Waals surface area contributed by atoms with E-state index in [0.29, 0.717) is 13.1 Å². The number of aromatic nitrogens is 1. The minimum absolute atomic E-state index is 0.565. The predicted molar refractivity (Wildman–Crippen MR) is 115 cm³/mol. The molecule has 0 spiro atoms. The van der Waals surface area contributed by atoms with Crippen molar-refractivity contribution in [2.75, 3.05) is 44.8 Å². The van der Waals surface area contributed by atoms with Crippen LogP contribution in [0.1, 0.15) is 18.1 Å². The zero-order valence-electron chi connectivity index (χ0n) is 16.6. The number of pyridine rings is 1. The second-order valence-corrected chi connectivity index (χ2v) is 7.11. The molecule has 1 aromatic heterocycles. The van der Waals surface area contributed by atoms with Crippen LogP contribution in [0.5, 0.6) is 0 Å². The molecule has 0 radical (unpaired) electrons. The number of anilines is 1. The van der Waals surface area contributed by atoms with E-state index in [4.69, 9.17) is 21.3 Å². The van der Waals surface area contributed by atoms with Gasteiger partial charge in [-0.25, -0.2) is 9.98 Å². The number of rotatable bonds is 6. The SMILES string of the molecule is CCNC(=NCc1cccnc1N1CCOCC1)N(C)Cc1ccccc1Cl. The number of hydrogen-bond acceptors (Lipinski definition) is 4. The number of ether oxygens (including phenoxy) is 1. The molecule has 1 fully saturated rings. The molecular weight excluding hydrogens is 374 g/mol. The van der Waals surface area contributed by atoms with Crippen LogP contribution in [0.3, 0.4) is 0 Å². The summed E-state index contributed by atoms with van der Waals surface area (Å²) in [7, 11) is 2.02. The highest BCUT2D eigenvalue weighted by atomic mass is 35.5. The molecule has 1 aliphatic rings. The third-order valence-electron chi connectivity index (χ3n) is 4.64. The Hall–Kier alpha value is -2.31. The Morgan fingerprint density at radius 1 is 1.21 bits per heavy atom. The molecule has 1 aromatic carbocycles. The van der Waals surface area contributed by atoms with E-state index in [1.807, 2.05) is 43.6 Å². The van der Waals surface area contributed by atoms with Gasteiger partial charge in [0.15, 0.2) is 5.96 Å². The molecule has 28 heavy (non-hydrogen) atoms. The van der Waals surface area contributed by atoms with E-state index in [1.165, 1.54) is 0 Å². The highest BCUT2D eigenvalue weighted by Gasteiger charge is 2.16. The number of guanidine groups is 1. The number of nitrogens with zero attached hydrogens (tertiary/aromatic N) is 4. The Kier molecular flexibility index (Phi) is 7.51. The van der Waals surface area contributed by atoms with Crippen LogP contribution >= 0.6 is 11.6 Å². The summed E-state index contributed by atoms with van der Waals surface area (Å²) in [4.78, 5) is 13.8. The van der Waals surface area contributed by atoms with E-state index < -0.39 is 0 Å². The Morgan fingerprint density at radius 3 is 2.71 bits per heavy atom. The number of halogens is 1. The lowest BCUT2D eigenvalue weighted by Gasteiger charge is -2.29. The first-order valence-corrected chi connectivity index (χ1v) is 10.1. The maximum Gasteiger partial charge on any atom is 0.194 e. The number of aliphatic imine (C=N–C) groups is 1. The highest BCUT2D eigenvalue weighted by Crippen LogP contribution is 2.20. The average Bonchev–Trinajstić information content (AvgIpc) is 2.73. The zero-order valence-corrected chi connectivity index (χ0v) is 17.3. The van der Waals surface area contributed by atoms with Crippen molar-refractivity contribution in [3.8, 4) is 0 Å². The van der Waals surface area contributed by atoms with Gasteiger partial charge >= 0.3 is 0 Å². The molecule has 0 amide bonds. The Labute approximate surface area is 172 Å². The van der Waals surface area contributed by atoms with Gasteiger partial charge < -0.3 is 19.9 Å². The summed E-state index contributed by atoms with van der Waals surface area (Å²) in [6.45, 7) is 7.33. The normalized spacial score (nSPS) is 14.8. The van der Waals surface area contributed by atoms with Crippen LogP contribution in [0.2, 0.25) is 5.02 Å². The van der Waals surface area contributed by atoms with Crippen LogP contribution < -0.4 is 10.2 Å². The van der Waals surface area contributed by atoms with Crippen molar-refractivity contribution in [2.24, 2.45) is 4.99 Å². The Bertz CT molecular complexity index is 792. The molecule has 0 unspecified atom stereocenters. The molecule has 1 saturated heterocycles. The van der Waals surface area contributed by atoms with Crippen molar-refractivity contribution < 1.29 is 4.74 Å². The first kappa shape index (κ1) is 20.4. The summed E-state index contributed by atoms with van der Waals surface area (Å²) in [5, 5.41) is 4.14. The van der Waals surface area contributed by atoms with Crippen molar-refractivity contribution in [3.63, 3.8) is 0 Å². The van der Waals surface area contributed by atoms with Crippen LogP contribution in [0.15, 0.2) is 47.6 Å². The van der Waals surface area contributed by atoms with E-state index >= 15 is 0 Å². The van der Waals surface area contributed by atoms with Crippen molar-refractivity contribution >= 4 is 23.4 Å². The van der Waals surface area contributed by atoms with Crippen LogP contribution in [-0.4, -0.2) is 55.7 Å². The molecule has 7 heteroatoms. The van der Waals surface area contributed by atoms with Crippen LogP contribution in [0, 0.1) is 0 Å². The lowest BCUT2D eigenvalue weighted by Crippen LogP contribution is -2.39. The number of morpholine rings is 1. The summed E-state index contributed by atoms with van der Waals surface area (Å²) in [6, 6.07) is 12.0. The van der Waals surface area contributed by atoms with Gasteiger partial charge in [0, 0.05) is 50.0 Å². The fraction of sp³-hybridized carbons (Fsp3) is 0.429. The molecule has 150 valence electrons. The fourth-order valence-electron chi connectivity index (χ4n) is 3.20. The summed E-state index contributed by atoms with van der Waals surface area (Å²) in [5.74, 6) is 1.85. The first-order chi connectivity index (χ1) is 13.7. The van der Waals surface area contributed by atoms with Crippen molar-refractivity contribution in [1.82, 2.24) is 15.2 Å². The summed E-state index contributed by atoms with van der Waals surface area (Å²) in [6.07, 6.45) is 1.84. The third kappa shape index (κ3) is 5.36. The number of hydrogen-bond donors (Lipinski definition) is 1. The van der Waals surface area contributed by atoms with Gasteiger partial charge in [0.2, 0.25) is 0 Å². The highest BCUT2D eigenvalue weighted by molar-refractivity contribution is 6.31. The molecule has 0 saturated carbocycles. The third-order valence-corrected chi connectivity index (χ3v) is 5.01. The summed E-state index contributed by atoms with van der Waals surface area (Å²) in [5.41, 5.74) is 2.19. The van der Waals surface area contributed by atoms with Gasteiger partial charge in [-0.1, -0.05) is 35.9 Å². The first-order valence-electron chi connectivity index (χ1n) is 9.68. The maximum absolute atomic E-state index is 6.32. The Balaban J connectivity index is 1.75.